The summed E-state index contributed by atoms with van der Waals surface area (Å²) in [7, 11) is 0. The molecule has 0 amide bonds. The van der Waals surface area contributed by atoms with Crippen LogP contribution in [0.2, 0.25) is 0 Å². The first kappa shape index (κ1) is 55.6. The number of rotatable bonds is 42. The molecule has 0 aromatic heterocycles. The van der Waals surface area contributed by atoms with E-state index in [1.54, 1.807) is 0 Å². The van der Waals surface area contributed by atoms with Crippen LogP contribution in [0.25, 0.3) is 0 Å². The Kier molecular flexibility index (Phi) is 44.5. The Labute approximate surface area is 363 Å². The number of allylic oxidation sites excluding steroid dienone is 14. The number of ether oxygens (including phenoxy) is 3. The van der Waals surface area contributed by atoms with Crippen LogP contribution >= 0.6 is 0 Å². The average molecular weight is 821 g/mol. The highest BCUT2D eigenvalue weighted by Gasteiger charge is 2.19. The molecule has 6 heteroatoms. The largest absolute Gasteiger partial charge is 0.462 e. The van der Waals surface area contributed by atoms with E-state index in [2.05, 4.69) is 106 Å². The van der Waals surface area contributed by atoms with Crippen LogP contribution in [0.4, 0.5) is 0 Å². The number of hydrogen-bond acceptors (Lipinski definition) is 6. The third-order valence-electron chi connectivity index (χ3n) is 9.83. The van der Waals surface area contributed by atoms with Gasteiger partial charge in [-0.3, -0.25) is 14.4 Å². The van der Waals surface area contributed by atoms with Crippen molar-refractivity contribution in [3.05, 3.63) is 85.1 Å². The third kappa shape index (κ3) is 45.5. The molecule has 0 aliphatic carbocycles. The smallest absolute Gasteiger partial charge is 0.306 e. The average Bonchev–Trinajstić information content (AvgIpc) is 3.23. The van der Waals surface area contributed by atoms with Crippen LogP contribution in [0, 0.1) is 0 Å². The van der Waals surface area contributed by atoms with Crippen LogP contribution < -0.4 is 0 Å². The van der Waals surface area contributed by atoms with Gasteiger partial charge in [0.1, 0.15) is 13.2 Å². The number of hydrogen-bond donors (Lipinski definition) is 0. The van der Waals surface area contributed by atoms with E-state index >= 15 is 0 Å². The molecule has 0 saturated carbocycles. The van der Waals surface area contributed by atoms with E-state index in [0.29, 0.717) is 19.3 Å². The summed E-state index contributed by atoms with van der Waals surface area (Å²) in [5, 5.41) is 0. The second-order valence-corrected chi connectivity index (χ2v) is 15.6. The molecule has 0 rings (SSSR count). The summed E-state index contributed by atoms with van der Waals surface area (Å²) in [6.07, 6.45) is 60.0. The number of esters is 3. The van der Waals surface area contributed by atoms with Gasteiger partial charge in [-0.2, -0.15) is 0 Å². The van der Waals surface area contributed by atoms with Crippen LogP contribution in [0.5, 0.6) is 0 Å². The maximum absolute atomic E-state index is 12.7. The van der Waals surface area contributed by atoms with Gasteiger partial charge in [0.05, 0.1) is 0 Å². The van der Waals surface area contributed by atoms with E-state index in [9.17, 15) is 14.4 Å². The fourth-order valence-electron chi connectivity index (χ4n) is 6.23. The van der Waals surface area contributed by atoms with Crippen molar-refractivity contribution in [2.75, 3.05) is 13.2 Å². The van der Waals surface area contributed by atoms with Crippen molar-refractivity contribution in [3.8, 4) is 0 Å². The zero-order valence-corrected chi connectivity index (χ0v) is 38.2. The maximum Gasteiger partial charge on any atom is 0.306 e. The Hall–Kier alpha value is -3.41. The zero-order chi connectivity index (χ0) is 43.0. The Morgan fingerprint density at radius 2 is 0.695 bits per heavy atom. The molecular formula is C53H88O6. The summed E-state index contributed by atoms with van der Waals surface area (Å²) in [6.45, 7) is 6.37. The molecule has 0 fully saturated rings. The lowest BCUT2D eigenvalue weighted by Crippen LogP contribution is -2.30. The Morgan fingerprint density at radius 3 is 1.15 bits per heavy atom. The maximum atomic E-state index is 12.7. The first-order chi connectivity index (χ1) is 29.0. The van der Waals surface area contributed by atoms with Gasteiger partial charge in [-0.15, -0.1) is 0 Å². The summed E-state index contributed by atoms with van der Waals surface area (Å²) in [4.78, 5) is 37.8. The molecule has 0 N–H and O–H groups in total. The molecule has 0 bridgehead atoms. The molecule has 0 aliphatic rings. The van der Waals surface area contributed by atoms with Gasteiger partial charge in [0.15, 0.2) is 6.10 Å². The summed E-state index contributed by atoms with van der Waals surface area (Å²) < 4.78 is 16.7. The lowest BCUT2D eigenvalue weighted by atomic mass is 10.1. The molecule has 0 heterocycles. The molecule has 0 spiro atoms. The van der Waals surface area contributed by atoms with Crippen molar-refractivity contribution in [1.29, 1.82) is 0 Å². The third-order valence-corrected chi connectivity index (χ3v) is 9.83. The molecule has 59 heavy (non-hydrogen) atoms. The van der Waals surface area contributed by atoms with Gasteiger partial charge in [0.2, 0.25) is 0 Å². The van der Waals surface area contributed by atoms with Crippen molar-refractivity contribution in [2.24, 2.45) is 0 Å². The highest BCUT2D eigenvalue weighted by molar-refractivity contribution is 5.71. The normalized spacial score (nSPS) is 12.8. The highest BCUT2D eigenvalue weighted by atomic mass is 16.6. The van der Waals surface area contributed by atoms with Crippen molar-refractivity contribution >= 4 is 17.9 Å². The standard InChI is InChI=1S/C53H88O6/c1-4-7-10-13-16-19-22-24-26-28-29-31-34-37-40-43-46-52(55)58-49-50(48-57-51(54)45-42-39-36-33-21-18-15-12-9-6-3)59-53(56)47-44-41-38-35-32-30-27-25-23-20-17-14-11-8-5-2/h8,11-12,15,17,19-20,22,25-28,32,35,50H,4-7,9-10,13-14,16,18,21,23-24,29-31,33-34,36-49H2,1-3H3/b11-8-,15-12-,20-17-,22-19-,27-25-,28-26-,35-32-. The van der Waals surface area contributed by atoms with Crippen LogP contribution in [-0.4, -0.2) is 37.2 Å². The molecule has 6 nitrogen and oxygen atoms in total. The second-order valence-electron chi connectivity index (χ2n) is 15.6. The van der Waals surface area contributed by atoms with Gasteiger partial charge in [0, 0.05) is 19.3 Å². The van der Waals surface area contributed by atoms with Crippen LogP contribution in [0.1, 0.15) is 213 Å². The molecular weight excluding hydrogens is 733 g/mol. The Morgan fingerprint density at radius 1 is 0.356 bits per heavy atom. The number of unbranched alkanes of at least 4 members (excludes halogenated alkanes) is 17. The Balaban J connectivity index is 4.47. The summed E-state index contributed by atoms with van der Waals surface area (Å²) >= 11 is 0. The van der Waals surface area contributed by atoms with Crippen molar-refractivity contribution in [3.63, 3.8) is 0 Å². The monoisotopic (exact) mass is 821 g/mol. The molecule has 1 unspecified atom stereocenters. The first-order valence-corrected chi connectivity index (χ1v) is 24.1. The fourth-order valence-corrected chi connectivity index (χ4v) is 6.23. The topological polar surface area (TPSA) is 78.9 Å². The van der Waals surface area contributed by atoms with Gasteiger partial charge in [0.25, 0.3) is 0 Å². The molecule has 1 atom stereocenters. The zero-order valence-electron chi connectivity index (χ0n) is 38.2. The molecule has 0 aliphatic heterocycles. The number of carbonyl (C=O) groups excluding carboxylic acids is 3. The van der Waals surface area contributed by atoms with E-state index in [-0.39, 0.29) is 37.5 Å². The number of carbonyl (C=O) groups is 3. The molecule has 0 aromatic rings. The van der Waals surface area contributed by atoms with Crippen molar-refractivity contribution in [2.45, 2.75) is 219 Å². The lowest BCUT2D eigenvalue weighted by Gasteiger charge is -2.18. The second kappa shape index (κ2) is 47.3. The van der Waals surface area contributed by atoms with E-state index < -0.39 is 6.10 Å². The molecule has 0 saturated heterocycles. The highest BCUT2D eigenvalue weighted by Crippen LogP contribution is 2.12. The molecule has 0 aromatic carbocycles. The minimum atomic E-state index is -0.806. The first-order valence-electron chi connectivity index (χ1n) is 24.1. The minimum absolute atomic E-state index is 0.103. The van der Waals surface area contributed by atoms with Gasteiger partial charge in [-0.1, -0.05) is 170 Å². The van der Waals surface area contributed by atoms with E-state index in [4.69, 9.17) is 14.2 Å². The van der Waals surface area contributed by atoms with Gasteiger partial charge >= 0.3 is 17.9 Å². The van der Waals surface area contributed by atoms with Crippen LogP contribution in [0.15, 0.2) is 85.1 Å². The van der Waals surface area contributed by atoms with Gasteiger partial charge in [-0.25, -0.2) is 0 Å². The summed E-state index contributed by atoms with van der Waals surface area (Å²) in [5.74, 6) is -0.975. The Bertz CT molecular complexity index is 1170. The van der Waals surface area contributed by atoms with E-state index in [1.807, 2.05) is 0 Å². The predicted molar refractivity (Wildman–Crippen MR) is 251 cm³/mol. The van der Waals surface area contributed by atoms with Crippen LogP contribution in [-0.2, 0) is 28.6 Å². The SMILES string of the molecule is CC/C=C\C/C=C\C/C=C\C/C=C\CCCCC(=O)OC(COC(=O)CCCCCCC/C=C\C/C=C\CCCCCC)COC(=O)CCCCCCC/C=C\CCC. The van der Waals surface area contributed by atoms with Gasteiger partial charge in [-0.05, 0) is 109 Å². The van der Waals surface area contributed by atoms with Gasteiger partial charge < -0.3 is 14.2 Å². The van der Waals surface area contributed by atoms with Crippen molar-refractivity contribution < 1.29 is 28.6 Å². The van der Waals surface area contributed by atoms with E-state index in [1.165, 1.54) is 44.9 Å². The minimum Gasteiger partial charge on any atom is -0.462 e. The fraction of sp³-hybridized carbons (Fsp3) is 0.679. The lowest BCUT2D eigenvalue weighted by molar-refractivity contribution is -0.167. The molecule has 0 radical (unpaired) electrons. The molecule has 336 valence electrons. The summed E-state index contributed by atoms with van der Waals surface area (Å²) in [6, 6.07) is 0. The van der Waals surface area contributed by atoms with Crippen LogP contribution in [0.3, 0.4) is 0 Å². The predicted octanol–water partition coefficient (Wildman–Crippen LogP) is 15.6. The van der Waals surface area contributed by atoms with Crippen molar-refractivity contribution in [1.82, 2.24) is 0 Å². The quantitative estimate of drug-likeness (QED) is 0.0264. The van der Waals surface area contributed by atoms with E-state index in [0.717, 1.165) is 122 Å². The summed E-state index contributed by atoms with van der Waals surface area (Å²) in [5.41, 5.74) is 0.